The van der Waals surface area contributed by atoms with Gasteiger partial charge in [0.1, 0.15) is 22.1 Å². The number of nitrogens with one attached hydrogen (secondary N) is 4. The summed E-state index contributed by atoms with van der Waals surface area (Å²) in [5.41, 5.74) is 2.96. The molecule has 79 heavy (non-hydrogen) atoms. The molecule has 4 fully saturated rings. The van der Waals surface area contributed by atoms with Crippen molar-refractivity contribution in [1.82, 2.24) is 29.5 Å². The predicted octanol–water partition coefficient (Wildman–Crippen LogP) is 9.46. The quantitative estimate of drug-likeness (QED) is 0.0455. The average molecular weight is 1110 g/mol. The summed E-state index contributed by atoms with van der Waals surface area (Å²) in [4.78, 5) is 32.5. The van der Waals surface area contributed by atoms with Crippen LogP contribution in [0.2, 0.25) is 0 Å². The number of ether oxygens (including phenoxy) is 2. The Morgan fingerprint density at radius 3 is 2.38 bits per heavy atom. The second-order valence-corrected chi connectivity index (χ2v) is 24.4. The minimum absolute atomic E-state index is 0.0134. The first-order chi connectivity index (χ1) is 37.6. The maximum atomic E-state index is 14.9. The number of nitrogens with zero attached hydrogens (tertiary/aromatic N) is 5. The van der Waals surface area contributed by atoms with E-state index in [2.05, 4.69) is 77.8 Å². The molecule has 1 unspecified atom stereocenters. The van der Waals surface area contributed by atoms with E-state index in [-0.39, 0.29) is 62.9 Å². The van der Waals surface area contributed by atoms with Gasteiger partial charge in [0.15, 0.2) is 17.3 Å². The number of carbonyl (C=O) groups excluding carboxylic acids is 1. The van der Waals surface area contributed by atoms with E-state index in [4.69, 9.17) is 9.47 Å². The molecule has 1 amide bonds. The minimum Gasteiger partial charge on any atom is -0.629 e. The molecule has 2 aliphatic carbocycles. The lowest BCUT2D eigenvalue weighted by molar-refractivity contribution is -0.751. The highest BCUT2D eigenvalue weighted by atomic mass is 32.2. The molecular formula is C58H69F4N9O7S. The number of piperidine rings is 1. The van der Waals surface area contributed by atoms with Gasteiger partial charge in [-0.1, -0.05) is 50.2 Å². The van der Waals surface area contributed by atoms with Gasteiger partial charge >= 0.3 is 6.18 Å². The minimum atomic E-state index is -4.62. The number of hydrogen-bond donors (Lipinski definition) is 5. The standard InChI is InChI=1S/C58H69F4N9O7S/c1-36(2)43-8-6-7-9-44(43)49-35-69(34-38-10-12-39(13-11-38)58(60,61)62)24-25-71(49)41-29-57(30-41)20-22-70(23-21-57)40-14-15-45(50(26-40)78-51-28-46-47(59)33-65-52(46)66-55(51)77-5)54(72)67-79(75,76)42-27-48(68(4)74)53(64-32-42)63-31-37-16-18-56(3,73)19-17-37/h6-15,26-28,32-33,36-37,41,49,68,73H,16-25,29-31,34-35H2,1-5H3,(H,63,64)(H,65,66)(H,67,72)/t37-,49-,56-/m0/s1. The van der Waals surface area contributed by atoms with Gasteiger partial charge in [-0.25, -0.2) is 22.5 Å². The molecule has 1 spiro atoms. The lowest BCUT2D eigenvalue weighted by Gasteiger charge is -2.58. The normalized spacial score (nSPS) is 21.7. The highest BCUT2D eigenvalue weighted by Gasteiger charge is 2.50. The van der Waals surface area contributed by atoms with Crippen molar-refractivity contribution < 1.29 is 50.4 Å². The zero-order valence-corrected chi connectivity index (χ0v) is 45.9. The van der Waals surface area contributed by atoms with Crippen LogP contribution in [0.1, 0.15) is 117 Å². The van der Waals surface area contributed by atoms with Gasteiger partial charge in [-0.05, 0) is 116 Å². The summed E-state index contributed by atoms with van der Waals surface area (Å²) in [6.07, 6.45) is 4.52. The molecule has 5 heterocycles. The van der Waals surface area contributed by atoms with E-state index in [1.54, 1.807) is 24.3 Å². The van der Waals surface area contributed by atoms with E-state index < -0.39 is 49.0 Å². The summed E-state index contributed by atoms with van der Waals surface area (Å²) in [6.45, 7) is 11.0. The van der Waals surface area contributed by atoms with Crippen LogP contribution < -0.4 is 29.5 Å². The van der Waals surface area contributed by atoms with Crippen molar-refractivity contribution in [2.75, 3.05) is 63.6 Å². The van der Waals surface area contributed by atoms with Gasteiger partial charge in [0.25, 0.3) is 21.8 Å². The highest BCUT2D eigenvalue weighted by molar-refractivity contribution is 7.90. The lowest BCUT2D eigenvalue weighted by Crippen LogP contribution is -2.98. The molecule has 0 radical (unpaired) electrons. The number of aromatic amines is 1. The molecule has 3 aromatic heterocycles. The van der Waals surface area contributed by atoms with Crippen LogP contribution in [-0.2, 0) is 22.7 Å². The molecule has 16 nitrogen and oxygen atoms in total. The molecule has 21 heteroatoms. The fourth-order valence-electron chi connectivity index (χ4n) is 12.2. The molecule has 3 aromatic carbocycles. The number of hydrogen-bond acceptors (Lipinski definition) is 13. The Hall–Kier alpha value is -6.36. The first kappa shape index (κ1) is 55.9. The van der Waals surface area contributed by atoms with Crippen LogP contribution in [0.3, 0.4) is 0 Å². The van der Waals surface area contributed by atoms with E-state index in [1.807, 2.05) is 6.92 Å². The molecule has 10 rings (SSSR count). The third-order valence-electron chi connectivity index (χ3n) is 16.9. The SMILES string of the molecule is COc1nc2[nH]cc(F)c2cc1Oc1cc(N2CCC3(CC2)CC(N2CCN(Cc4ccc(C(F)(F)F)cc4)C[C@H]2c2ccccc2C(C)C)C3)ccc1C(=O)NS(=O)(=O)c1cnc(NC[C@H]2CC[C@](C)(O)CC2)c([NH+](C)[O-])c1. The summed E-state index contributed by atoms with van der Waals surface area (Å²) >= 11 is 0. The van der Waals surface area contributed by atoms with Crippen LogP contribution in [0.5, 0.6) is 17.4 Å². The molecule has 0 bridgehead atoms. The Bertz CT molecular complexity index is 3280. The number of quaternary nitrogens is 1. The van der Waals surface area contributed by atoms with Crippen LogP contribution in [0, 0.1) is 22.4 Å². The van der Waals surface area contributed by atoms with E-state index in [0.29, 0.717) is 56.7 Å². The zero-order chi connectivity index (χ0) is 56.0. The zero-order valence-electron chi connectivity index (χ0n) is 45.1. The number of sulfonamides is 1. The number of carbonyl (C=O) groups is 1. The Balaban J connectivity index is 0.852. The first-order valence-electron chi connectivity index (χ1n) is 27.1. The summed E-state index contributed by atoms with van der Waals surface area (Å²) in [5, 5.41) is 26.1. The second-order valence-electron chi connectivity index (χ2n) is 22.7. The van der Waals surface area contributed by atoms with Crippen molar-refractivity contribution in [3.63, 3.8) is 0 Å². The maximum absolute atomic E-state index is 14.9. The third-order valence-corrected chi connectivity index (χ3v) is 18.2. The molecule has 2 aliphatic heterocycles. The number of rotatable bonds is 16. The lowest BCUT2D eigenvalue weighted by atomic mass is 9.59. The molecule has 2 saturated heterocycles. The fraction of sp³-hybridized carbons (Fsp3) is 0.466. The van der Waals surface area contributed by atoms with E-state index in [0.717, 1.165) is 88.2 Å². The summed E-state index contributed by atoms with van der Waals surface area (Å²) in [5.74, 6) is -0.959. The Morgan fingerprint density at radius 1 is 0.975 bits per heavy atom. The number of H-pyrrole nitrogens is 1. The average Bonchev–Trinajstić information content (AvgIpc) is 3.92. The van der Waals surface area contributed by atoms with Crippen LogP contribution in [0.15, 0.2) is 96.2 Å². The molecule has 2 atom stereocenters. The van der Waals surface area contributed by atoms with Gasteiger partial charge in [-0.2, -0.15) is 18.2 Å². The van der Waals surface area contributed by atoms with Crippen LogP contribution >= 0.6 is 0 Å². The van der Waals surface area contributed by atoms with Crippen molar-refractivity contribution in [3.05, 3.63) is 130 Å². The largest absolute Gasteiger partial charge is 0.629 e. The third kappa shape index (κ3) is 12.2. The van der Waals surface area contributed by atoms with Gasteiger partial charge in [-0.15, -0.1) is 0 Å². The van der Waals surface area contributed by atoms with Crippen molar-refractivity contribution in [2.24, 2.45) is 11.3 Å². The number of fused-ring (bicyclic) bond motifs is 1. The number of hydroxylamine groups is 1. The Labute approximate surface area is 458 Å². The topological polar surface area (TPSA) is 193 Å². The number of anilines is 2. The molecule has 422 valence electrons. The van der Waals surface area contributed by atoms with Gasteiger partial charge in [0.2, 0.25) is 0 Å². The number of piperazine rings is 1. The van der Waals surface area contributed by atoms with E-state index in [9.17, 15) is 41.1 Å². The monoisotopic (exact) mass is 1110 g/mol. The number of benzene rings is 3. The molecule has 6 aromatic rings. The van der Waals surface area contributed by atoms with Crippen LogP contribution in [0.4, 0.5) is 34.8 Å². The number of alkyl halides is 3. The molecule has 2 saturated carbocycles. The number of aromatic nitrogens is 3. The van der Waals surface area contributed by atoms with Gasteiger partial charge in [-0.3, -0.25) is 14.6 Å². The molecule has 5 N–H and O–H groups in total. The van der Waals surface area contributed by atoms with Gasteiger partial charge in [0.05, 0.1) is 42.5 Å². The van der Waals surface area contributed by atoms with Crippen LogP contribution in [0.25, 0.3) is 11.0 Å². The van der Waals surface area contributed by atoms with Crippen molar-refractivity contribution in [1.29, 1.82) is 0 Å². The summed E-state index contributed by atoms with van der Waals surface area (Å²) in [7, 11) is -1.95. The van der Waals surface area contributed by atoms with E-state index >= 15 is 0 Å². The van der Waals surface area contributed by atoms with E-state index in [1.165, 1.54) is 43.5 Å². The first-order valence-corrected chi connectivity index (χ1v) is 28.6. The number of aliphatic hydroxyl groups is 1. The van der Waals surface area contributed by atoms with Crippen LogP contribution in [-0.4, -0.2) is 109 Å². The number of halogens is 4. The maximum Gasteiger partial charge on any atom is 0.416 e. The van der Waals surface area contributed by atoms with Crippen molar-refractivity contribution in [2.45, 2.75) is 113 Å². The molecular weight excluding hydrogens is 1040 g/mol. The van der Waals surface area contributed by atoms with Gasteiger partial charge in [0, 0.05) is 88.0 Å². The number of methoxy groups -OCH3 is 1. The smallest absolute Gasteiger partial charge is 0.416 e. The second kappa shape index (κ2) is 22.3. The summed E-state index contributed by atoms with van der Waals surface area (Å²) in [6, 6.07) is 22.0. The molecule has 4 aliphatic rings. The Kier molecular flexibility index (Phi) is 15.8. The highest BCUT2D eigenvalue weighted by Crippen LogP contribution is 2.54. The van der Waals surface area contributed by atoms with Crippen molar-refractivity contribution >= 4 is 44.2 Å². The van der Waals surface area contributed by atoms with Gasteiger partial charge < -0.3 is 40.1 Å². The van der Waals surface area contributed by atoms with Crippen molar-refractivity contribution in [3.8, 4) is 17.4 Å². The summed E-state index contributed by atoms with van der Waals surface area (Å²) < 4.78 is 97.1. The number of amides is 1. The fourth-order valence-corrected chi connectivity index (χ4v) is 13.1. The predicted molar refractivity (Wildman–Crippen MR) is 293 cm³/mol. The number of pyridine rings is 2. The Morgan fingerprint density at radius 2 is 1.70 bits per heavy atom.